The van der Waals surface area contributed by atoms with Gasteiger partial charge in [0, 0.05) is 17.2 Å². The van der Waals surface area contributed by atoms with Crippen LogP contribution in [0, 0.1) is 0 Å². The molecule has 0 amide bonds. The minimum absolute atomic E-state index is 0.123. The van der Waals surface area contributed by atoms with Gasteiger partial charge < -0.3 is 9.47 Å². The quantitative estimate of drug-likeness (QED) is 0.792. The van der Waals surface area contributed by atoms with Gasteiger partial charge in [-0.25, -0.2) is 4.79 Å². The van der Waals surface area contributed by atoms with Crippen LogP contribution < -0.4 is 0 Å². The maximum absolute atomic E-state index is 12.3. The number of benzene rings is 2. The second kappa shape index (κ2) is 6.91. The maximum Gasteiger partial charge on any atom is 0.344 e. The first-order valence-corrected chi connectivity index (χ1v) is 7.37. The molecule has 0 saturated heterocycles. The van der Waals surface area contributed by atoms with Gasteiger partial charge in [0.25, 0.3) is 0 Å². The molecular formula is C19H14O5. The largest absolute Gasteiger partial charge is 0.478 e. The summed E-state index contributed by atoms with van der Waals surface area (Å²) in [5.41, 5.74) is 1.46. The third-order valence-electron chi connectivity index (χ3n) is 3.51. The van der Waals surface area contributed by atoms with Crippen LogP contribution in [0.1, 0.15) is 26.3 Å². The van der Waals surface area contributed by atoms with Crippen molar-refractivity contribution in [1.82, 2.24) is 0 Å². The van der Waals surface area contributed by atoms with Crippen molar-refractivity contribution in [3.8, 4) is 0 Å². The fourth-order valence-corrected chi connectivity index (χ4v) is 2.31. The summed E-state index contributed by atoms with van der Waals surface area (Å²) in [7, 11) is 0. The van der Waals surface area contributed by atoms with Gasteiger partial charge in [0.2, 0.25) is 5.78 Å². The Bertz CT molecular complexity index is 821. The van der Waals surface area contributed by atoms with E-state index in [2.05, 4.69) is 0 Å². The summed E-state index contributed by atoms with van der Waals surface area (Å²) in [6, 6.07) is 15.7. The van der Waals surface area contributed by atoms with Crippen molar-refractivity contribution < 1.29 is 23.9 Å². The van der Waals surface area contributed by atoms with Crippen LogP contribution in [0.5, 0.6) is 0 Å². The first-order chi connectivity index (χ1) is 11.6. The van der Waals surface area contributed by atoms with Crippen LogP contribution in [0.15, 0.2) is 66.4 Å². The first-order valence-electron chi connectivity index (χ1n) is 7.37. The van der Waals surface area contributed by atoms with E-state index in [1.165, 1.54) is 0 Å². The number of ether oxygens (including phenoxy) is 2. The van der Waals surface area contributed by atoms with E-state index < -0.39 is 18.4 Å². The molecule has 5 heteroatoms. The summed E-state index contributed by atoms with van der Waals surface area (Å²) in [4.78, 5) is 36.0. The lowest BCUT2D eigenvalue weighted by atomic mass is 9.94. The first kappa shape index (κ1) is 15.7. The summed E-state index contributed by atoms with van der Waals surface area (Å²) in [6.45, 7) is -0.308. The predicted octanol–water partition coefficient (Wildman–Crippen LogP) is 2.71. The van der Waals surface area contributed by atoms with Crippen molar-refractivity contribution in [3.05, 3.63) is 83.1 Å². The Morgan fingerprint density at radius 1 is 0.875 bits per heavy atom. The molecule has 0 radical (unpaired) electrons. The van der Waals surface area contributed by atoms with Crippen LogP contribution in [0.25, 0.3) is 0 Å². The lowest BCUT2D eigenvalue weighted by Crippen LogP contribution is -2.21. The molecule has 0 spiro atoms. The van der Waals surface area contributed by atoms with E-state index >= 15 is 0 Å². The number of allylic oxidation sites excluding steroid dienone is 2. The predicted molar refractivity (Wildman–Crippen MR) is 85.4 cm³/mol. The Hall–Kier alpha value is -3.21. The molecule has 2 aromatic carbocycles. The SMILES string of the molecule is O=C(COC1=CC(=O)c2ccccc2C1=O)OCc1ccccc1. The highest BCUT2D eigenvalue weighted by Gasteiger charge is 2.26. The van der Waals surface area contributed by atoms with Gasteiger partial charge in [0.15, 0.2) is 18.1 Å². The third-order valence-corrected chi connectivity index (χ3v) is 3.51. The molecule has 1 aliphatic carbocycles. The highest BCUT2D eigenvalue weighted by molar-refractivity contribution is 6.23. The zero-order valence-electron chi connectivity index (χ0n) is 12.7. The van der Waals surface area contributed by atoms with Crippen molar-refractivity contribution in [3.63, 3.8) is 0 Å². The molecule has 0 atom stereocenters. The molecule has 0 N–H and O–H groups in total. The Morgan fingerprint density at radius 3 is 2.29 bits per heavy atom. The number of Topliss-reactive ketones (excluding diaryl/α,β-unsaturated/α-hetero) is 1. The summed E-state index contributed by atoms with van der Waals surface area (Å²) >= 11 is 0. The van der Waals surface area contributed by atoms with E-state index in [0.717, 1.165) is 11.6 Å². The molecule has 0 aliphatic heterocycles. The Balaban J connectivity index is 1.58. The number of hydrogen-bond acceptors (Lipinski definition) is 5. The molecule has 0 fully saturated rings. The molecule has 3 rings (SSSR count). The highest BCUT2D eigenvalue weighted by Crippen LogP contribution is 2.21. The zero-order valence-corrected chi connectivity index (χ0v) is 12.7. The molecule has 0 heterocycles. The monoisotopic (exact) mass is 322 g/mol. The van der Waals surface area contributed by atoms with E-state index in [1.807, 2.05) is 30.3 Å². The number of ketones is 2. The average molecular weight is 322 g/mol. The zero-order chi connectivity index (χ0) is 16.9. The van der Waals surface area contributed by atoms with E-state index in [4.69, 9.17) is 9.47 Å². The molecule has 24 heavy (non-hydrogen) atoms. The third kappa shape index (κ3) is 3.41. The van der Waals surface area contributed by atoms with Crippen LogP contribution in [0.2, 0.25) is 0 Å². The van der Waals surface area contributed by atoms with Crippen molar-refractivity contribution in [2.24, 2.45) is 0 Å². The summed E-state index contributed by atoms with van der Waals surface area (Å²) < 4.78 is 10.3. The number of carbonyl (C=O) groups is 3. The van der Waals surface area contributed by atoms with E-state index in [1.54, 1.807) is 24.3 Å². The second-order valence-electron chi connectivity index (χ2n) is 5.18. The smallest absolute Gasteiger partial charge is 0.344 e. The normalized spacial score (nSPS) is 13.1. The van der Waals surface area contributed by atoms with Gasteiger partial charge in [-0.15, -0.1) is 0 Å². The average Bonchev–Trinajstić information content (AvgIpc) is 2.62. The van der Waals surface area contributed by atoms with Gasteiger partial charge in [-0.05, 0) is 5.56 Å². The summed E-state index contributed by atoms with van der Waals surface area (Å²) in [5, 5.41) is 0. The van der Waals surface area contributed by atoms with Crippen molar-refractivity contribution in [2.45, 2.75) is 6.61 Å². The van der Waals surface area contributed by atoms with Crippen LogP contribution in [-0.2, 0) is 20.9 Å². The van der Waals surface area contributed by atoms with Crippen molar-refractivity contribution >= 4 is 17.5 Å². The number of hydrogen-bond donors (Lipinski definition) is 0. The number of rotatable bonds is 5. The minimum atomic E-state index is -0.612. The second-order valence-corrected chi connectivity index (χ2v) is 5.18. The summed E-state index contributed by atoms with van der Waals surface area (Å²) in [5.74, 6) is -1.49. The van der Waals surface area contributed by atoms with Gasteiger partial charge in [0.1, 0.15) is 6.61 Å². The Labute approximate surface area is 138 Å². The van der Waals surface area contributed by atoms with Crippen molar-refractivity contribution in [2.75, 3.05) is 6.61 Å². The minimum Gasteiger partial charge on any atom is -0.478 e. The standard InChI is InChI=1S/C19H14O5/c20-16-10-17(19(22)15-9-5-4-8-14(15)16)23-12-18(21)24-11-13-6-2-1-3-7-13/h1-10H,11-12H2. The molecule has 2 aromatic rings. The molecule has 1 aliphatic rings. The topological polar surface area (TPSA) is 69.7 Å². The van der Waals surface area contributed by atoms with Crippen LogP contribution >= 0.6 is 0 Å². The molecule has 0 unspecified atom stereocenters. The van der Waals surface area contributed by atoms with E-state index in [0.29, 0.717) is 5.56 Å². The van der Waals surface area contributed by atoms with Crippen LogP contribution in [-0.4, -0.2) is 24.1 Å². The van der Waals surface area contributed by atoms with Gasteiger partial charge in [0.05, 0.1) is 0 Å². The number of carbonyl (C=O) groups excluding carboxylic acids is 3. The maximum atomic E-state index is 12.3. The molecule has 0 saturated carbocycles. The lowest BCUT2D eigenvalue weighted by Gasteiger charge is -2.15. The number of fused-ring (bicyclic) bond motifs is 1. The van der Waals surface area contributed by atoms with Gasteiger partial charge in [-0.1, -0.05) is 54.6 Å². The van der Waals surface area contributed by atoms with Crippen LogP contribution in [0.3, 0.4) is 0 Å². The van der Waals surface area contributed by atoms with Crippen molar-refractivity contribution in [1.29, 1.82) is 0 Å². The fourth-order valence-electron chi connectivity index (χ4n) is 2.31. The fraction of sp³-hybridized carbons (Fsp3) is 0.105. The van der Waals surface area contributed by atoms with Gasteiger partial charge in [-0.2, -0.15) is 0 Å². The molecule has 0 aromatic heterocycles. The molecule has 0 bridgehead atoms. The molecule has 120 valence electrons. The number of esters is 1. The van der Waals surface area contributed by atoms with E-state index in [9.17, 15) is 14.4 Å². The van der Waals surface area contributed by atoms with Crippen LogP contribution in [0.4, 0.5) is 0 Å². The van der Waals surface area contributed by atoms with Gasteiger partial charge >= 0.3 is 5.97 Å². The van der Waals surface area contributed by atoms with Gasteiger partial charge in [-0.3, -0.25) is 9.59 Å². The summed E-state index contributed by atoms with van der Waals surface area (Å²) in [6.07, 6.45) is 1.11. The molecule has 5 nitrogen and oxygen atoms in total. The Kier molecular flexibility index (Phi) is 4.52. The molecular weight excluding hydrogens is 308 g/mol. The van der Waals surface area contributed by atoms with E-state index in [-0.39, 0.29) is 23.7 Å². The lowest BCUT2D eigenvalue weighted by molar-refractivity contribution is -0.148. The Morgan fingerprint density at radius 2 is 1.54 bits per heavy atom. The highest BCUT2D eigenvalue weighted by atomic mass is 16.6.